The van der Waals surface area contributed by atoms with E-state index in [1.54, 1.807) is 16.0 Å². The number of hydrogen-bond acceptors (Lipinski definition) is 3. The number of anilines is 6. The normalized spacial score (nSPS) is 20.7. The van der Waals surface area contributed by atoms with Gasteiger partial charge in [-0.2, -0.15) is 11.3 Å². The number of hydrogen-bond donors (Lipinski definition) is 0. The molecule has 5 aliphatic rings. The van der Waals surface area contributed by atoms with Crippen molar-refractivity contribution in [2.45, 2.75) is 206 Å². The van der Waals surface area contributed by atoms with Crippen LogP contribution in [0.25, 0.3) is 11.1 Å². The molecular formula is C66H81BN2S. The van der Waals surface area contributed by atoms with Crippen LogP contribution < -0.4 is 25.5 Å². The third-order valence-corrected chi connectivity index (χ3v) is 20.3. The average molecular weight is 945 g/mol. The largest absolute Gasteiger partial charge is 0.311 e. The maximum Gasteiger partial charge on any atom is 0.264 e. The predicted molar refractivity (Wildman–Crippen MR) is 307 cm³/mol. The molecule has 5 aromatic carbocycles. The van der Waals surface area contributed by atoms with Crippen molar-refractivity contribution in [3.8, 4) is 11.1 Å². The molecule has 364 valence electrons. The van der Waals surface area contributed by atoms with Crippen LogP contribution in [-0.2, 0) is 43.3 Å². The third-order valence-electron chi connectivity index (χ3n) is 18.7. The zero-order chi connectivity index (χ0) is 50.3. The molecule has 0 amide bonds. The molecule has 0 N–H and O–H groups in total. The van der Waals surface area contributed by atoms with Crippen LogP contribution >= 0.6 is 11.3 Å². The highest BCUT2D eigenvalue weighted by atomic mass is 32.1. The molecule has 0 radical (unpaired) electrons. The van der Waals surface area contributed by atoms with Crippen LogP contribution in [0.5, 0.6) is 0 Å². The molecule has 0 bridgehead atoms. The van der Waals surface area contributed by atoms with E-state index in [-0.39, 0.29) is 50.0 Å². The quantitative estimate of drug-likeness (QED) is 0.163. The summed E-state index contributed by atoms with van der Waals surface area (Å²) < 4.78 is 1.52. The van der Waals surface area contributed by atoms with Crippen molar-refractivity contribution in [1.82, 2.24) is 0 Å². The van der Waals surface area contributed by atoms with Crippen molar-refractivity contribution in [1.29, 1.82) is 0 Å². The summed E-state index contributed by atoms with van der Waals surface area (Å²) in [4.78, 5) is 7.17. The number of benzene rings is 5. The fourth-order valence-corrected chi connectivity index (χ4v) is 15.3. The van der Waals surface area contributed by atoms with E-state index in [4.69, 9.17) is 0 Å². The van der Waals surface area contributed by atoms with Gasteiger partial charge in [0, 0.05) is 38.0 Å². The molecule has 0 atom stereocenters. The molecule has 4 heteroatoms. The minimum Gasteiger partial charge on any atom is -0.311 e. The fourth-order valence-electron chi connectivity index (χ4n) is 13.6. The van der Waals surface area contributed by atoms with Gasteiger partial charge in [-0.25, -0.2) is 0 Å². The number of rotatable bonds is 3. The second-order valence-electron chi connectivity index (χ2n) is 28.6. The van der Waals surface area contributed by atoms with E-state index in [1.807, 2.05) is 0 Å². The van der Waals surface area contributed by atoms with E-state index in [1.165, 1.54) is 121 Å². The minimum absolute atomic E-state index is 0.0105. The second kappa shape index (κ2) is 15.0. The Morgan fingerprint density at radius 3 is 1.59 bits per heavy atom. The summed E-state index contributed by atoms with van der Waals surface area (Å²) in [6.45, 7) is 44.6. The first-order chi connectivity index (χ1) is 32.4. The van der Waals surface area contributed by atoms with E-state index < -0.39 is 0 Å². The SMILES string of the molecule is CC(C)(C)c1ccc(N2c3cc(C(C)(C)C)cc4c3B(c3cc5c(cc3N4c3ccc4c(c3)C(C)(C)CCC4(C)C)C(C)(C)CCC5(C)C)c3sc4c(c32)C(C)(C)CCC4(C)C)c(-c2ccccc2)c1. The zero-order valence-electron chi connectivity index (χ0n) is 46.3. The van der Waals surface area contributed by atoms with Crippen LogP contribution in [0.1, 0.15) is 207 Å². The molecule has 11 rings (SSSR count). The molecule has 70 heavy (non-hydrogen) atoms. The van der Waals surface area contributed by atoms with Gasteiger partial charge < -0.3 is 9.80 Å². The van der Waals surface area contributed by atoms with E-state index in [0.29, 0.717) is 0 Å². The molecule has 6 aromatic rings. The summed E-state index contributed by atoms with van der Waals surface area (Å²) in [7, 11) is 0. The van der Waals surface area contributed by atoms with Gasteiger partial charge in [-0.1, -0.05) is 173 Å². The van der Waals surface area contributed by atoms with E-state index in [9.17, 15) is 0 Å². The Bertz CT molecular complexity index is 3140. The van der Waals surface area contributed by atoms with Gasteiger partial charge in [-0.15, -0.1) is 0 Å². The summed E-state index contributed by atoms with van der Waals surface area (Å²) in [6.07, 6.45) is 7.11. The zero-order valence-corrected chi connectivity index (χ0v) is 47.1. The molecule has 0 saturated carbocycles. The fraction of sp³-hybridized carbons (Fsp3) is 0.485. The lowest BCUT2D eigenvalue weighted by atomic mass is 9.35. The van der Waals surface area contributed by atoms with Crippen LogP contribution in [0.3, 0.4) is 0 Å². The summed E-state index contributed by atoms with van der Waals surface area (Å²) in [5.74, 6) is 0. The van der Waals surface area contributed by atoms with Crippen molar-refractivity contribution >= 4 is 67.9 Å². The van der Waals surface area contributed by atoms with Gasteiger partial charge in [-0.05, 0) is 180 Å². The average Bonchev–Trinajstić information content (AvgIpc) is 3.71. The van der Waals surface area contributed by atoms with E-state index >= 15 is 0 Å². The van der Waals surface area contributed by atoms with E-state index in [2.05, 4.69) is 237 Å². The third kappa shape index (κ3) is 7.12. The molecule has 0 unspecified atom stereocenters. The molecule has 0 saturated heterocycles. The summed E-state index contributed by atoms with van der Waals surface area (Å²) in [6, 6.07) is 37.1. The van der Waals surface area contributed by atoms with Crippen LogP contribution in [0.4, 0.5) is 34.1 Å². The lowest BCUT2D eigenvalue weighted by Crippen LogP contribution is -2.61. The first kappa shape index (κ1) is 47.8. The van der Waals surface area contributed by atoms with Gasteiger partial charge in [0.15, 0.2) is 0 Å². The first-order valence-electron chi connectivity index (χ1n) is 26.9. The smallest absolute Gasteiger partial charge is 0.264 e. The van der Waals surface area contributed by atoms with Crippen molar-refractivity contribution in [2.24, 2.45) is 0 Å². The van der Waals surface area contributed by atoms with Crippen molar-refractivity contribution in [3.63, 3.8) is 0 Å². The monoisotopic (exact) mass is 945 g/mol. The number of fused-ring (bicyclic) bond motifs is 8. The van der Waals surface area contributed by atoms with Gasteiger partial charge in [0.1, 0.15) is 0 Å². The van der Waals surface area contributed by atoms with Crippen molar-refractivity contribution in [3.05, 3.63) is 135 Å². The van der Waals surface area contributed by atoms with Crippen LogP contribution in [0, 0.1) is 0 Å². The molecule has 0 fully saturated rings. The Morgan fingerprint density at radius 1 is 0.457 bits per heavy atom. The predicted octanol–water partition coefficient (Wildman–Crippen LogP) is 17.1. The number of nitrogens with zero attached hydrogens (tertiary/aromatic N) is 2. The topological polar surface area (TPSA) is 6.48 Å². The summed E-state index contributed by atoms with van der Waals surface area (Å²) in [5, 5.41) is 0. The molecule has 1 aromatic heterocycles. The Labute approximate surface area is 427 Å². The second-order valence-corrected chi connectivity index (χ2v) is 29.7. The standard InChI is InChI=1S/C66H81BN2S/c1-59(2,3)41-24-27-50(44(34-41)40-22-20-19-21-23-40)69-53-36-42(60(4,5)6)35-52-55(53)67(58-56(69)54-57(70-58)66(17,18)33-32-65(54,15)16)49-38-47-48(64(13,14)31-30-63(47,11)12)39-51(49)68(52)43-25-26-45-46(37-43)62(9,10)29-28-61(45,7)8/h19-27,34-39H,28-33H2,1-18H3. The van der Waals surface area contributed by atoms with Gasteiger partial charge in [0.25, 0.3) is 6.71 Å². The molecule has 3 aliphatic carbocycles. The Morgan fingerprint density at radius 2 is 0.986 bits per heavy atom. The maximum atomic E-state index is 2.82. The Hall–Kier alpha value is -4.54. The molecule has 3 heterocycles. The lowest BCUT2D eigenvalue weighted by Gasteiger charge is -2.48. The highest BCUT2D eigenvalue weighted by molar-refractivity contribution is 7.29. The van der Waals surface area contributed by atoms with Gasteiger partial charge >= 0.3 is 0 Å². The van der Waals surface area contributed by atoms with Crippen LogP contribution in [0.15, 0.2) is 91.0 Å². The highest BCUT2D eigenvalue weighted by Crippen LogP contribution is 2.59. The number of thiophene rings is 1. The molecular weight excluding hydrogens is 864 g/mol. The van der Waals surface area contributed by atoms with Gasteiger partial charge in [-0.3, -0.25) is 0 Å². The van der Waals surface area contributed by atoms with Gasteiger partial charge in [0.2, 0.25) is 0 Å². The van der Waals surface area contributed by atoms with Crippen LogP contribution in [0.2, 0.25) is 0 Å². The summed E-state index contributed by atoms with van der Waals surface area (Å²) >= 11 is 2.16. The first-order valence-corrected chi connectivity index (χ1v) is 27.7. The van der Waals surface area contributed by atoms with E-state index in [0.717, 1.165) is 6.42 Å². The minimum atomic E-state index is -0.115. The Balaban J connectivity index is 1.33. The Kier molecular flexibility index (Phi) is 10.3. The molecule has 0 spiro atoms. The van der Waals surface area contributed by atoms with Crippen LogP contribution in [-0.4, -0.2) is 6.71 Å². The summed E-state index contributed by atoms with van der Waals surface area (Å²) in [5.41, 5.74) is 24.2. The molecule has 2 aliphatic heterocycles. The highest BCUT2D eigenvalue weighted by Gasteiger charge is 2.53. The van der Waals surface area contributed by atoms with Crippen molar-refractivity contribution in [2.75, 3.05) is 9.80 Å². The maximum absolute atomic E-state index is 2.82. The van der Waals surface area contributed by atoms with Gasteiger partial charge in [0.05, 0.1) is 11.4 Å². The molecule has 2 nitrogen and oxygen atoms in total. The lowest BCUT2D eigenvalue weighted by molar-refractivity contribution is 0.332. The van der Waals surface area contributed by atoms with Crippen molar-refractivity contribution < 1.29 is 0 Å².